The summed E-state index contributed by atoms with van der Waals surface area (Å²) in [6.07, 6.45) is 3.36. The number of benzene rings is 6. The number of phenolic OH excluding ortho intramolecular Hbond substituents is 2. The van der Waals surface area contributed by atoms with E-state index in [-0.39, 0.29) is 28.5 Å². The Morgan fingerprint density at radius 3 is 1.84 bits per heavy atom. The fraction of sp³-hybridized carbons (Fsp3) is 0.186. The molecule has 0 unspecified atom stereocenters. The second-order valence-electron chi connectivity index (χ2n) is 14.1. The second-order valence-corrected chi connectivity index (χ2v) is 14.1. The van der Waals surface area contributed by atoms with Gasteiger partial charge in [-0.15, -0.1) is 0 Å². The maximum Gasteiger partial charge on any atom is 0.270 e. The highest BCUT2D eigenvalue weighted by molar-refractivity contribution is 6.29. The monoisotopic (exact) mass is 648 g/mol. The highest BCUT2D eigenvalue weighted by atomic mass is 16.3. The van der Waals surface area contributed by atoms with Crippen molar-refractivity contribution < 1.29 is 15.3 Å². The zero-order chi connectivity index (χ0) is 33.6. The number of phenols is 2. The van der Waals surface area contributed by atoms with Crippen molar-refractivity contribution in [3.8, 4) is 17.6 Å². The van der Waals surface area contributed by atoms with Crippen LogP contribution in [0, 0.1) is 17.9 Å². The zero-order valence-corrected chi connectivity index (χ0v) is 27.0. The van der Waals surface area contributed by atoms with Crippen LogP contribution in [0.3, 0.4) is 0 Å². The van der Waals surface area contributed by atoms with Gasteiger partial charge in [-0.05, 0) is 74.4 Å². The van der Waals surface area contributed by atoms with E-state index in [0.29, 0.717) is 27.5 Å². The maximum absolute atomic E-state index is 15.2. The summed E-state index contributed by atoms with van der Waals surface area (Å²) < 4.78 is 2.47. The first-order chi connectivity index (χ1) is 24.5. The second kappa shape index (κ2) is 9.43. The number of rotatable bonds is 1. The van der Waals surface area contributed by atoms with Crippen LogP contribution in [0.4, 0.5) is 5.69 Å². The molecule has 50 heavy (non-hydrogen) atoms. The van der Waals surface area contributed by atoms with Crippen molar-refractivity contribution in [3.05, 3.63) is 128 Å². The van der Waals surface area contributed by atoms with Crippen LogP contribution in [0.25, 0.3) is 59.1 Å². The summed E-state index contributed by atoms with van der Waals surface area (Å²) in [5, 5.41) is 58.0. The molecule has 0 fully saturated rings. The largest absolute Gasteiger partial charge is 0.872 e. The van der Waals surface area contributed by atoms with Crippen molar-refractivity contribution in [1.82, 2.24) is 4.58 Å². The van der Waals surface area contributed by atoms with Crippen LogP contribution in [-0.2, 0) is 25.7 Å². The number of nitriles is 1. The van der Waals surface area contributed by atoms with Crippen LogP contribution in [0.2, 0.25) is 0 Å². The molecule has 1 aliphatic carbocycles. The van der Waals surface area contributed by atoms with Crippen LogP contribution in [0.5, 0.6) is 11.5 Å². The van der Waals surface area contributed by atoms with Gasteiger partial charge in [0, 0.05) is 58.6 Å². The highest BCUT2D eigenvalue weighted by Gasteiger charge is 2.38. The Hall–Kier alpha value is -6.31. The number of aromatic hydroxyl groups is 2. The molecule has 0 atom stereocenters. The first kappa shape index (κ1) is 27.6. The van der Waals surface area contributed by atoms with Crippen LogP contribution >= 0.6 is 0 Å². The minimum absolute atomic E-state index is 0.00228. The number of nitrogens with zero attached hydrogens (tertiary/aromatic N) is 4. The summed E-state index contributed by atoms with van der Waals surface area (Å²) in [5.74, 6) is -0.283. The molecule has 0 bridgehead atoms. The first-order valence-corrected chi connectivity index (χ1v) is 17.3. The lowest BCUT2D eigenvalue weighted by Crippen LogP contribution is -2.42. The third-order valence-electron chi connectivity index (χ3n) is 12.0. The lowest BCUT2D eigenvalue weighted by atomic mass is 9.72. The first-order valence-electron chi connectivity index (χ1n) is 17.3. The van der Waals surface area contributed by atoms with Gasteiger partial charge in [0.25, 0.3) is 5.70 Å². The average molecular weight is 649 g/mol. The third kappa shape index (κ3) is 3.16. The number of hydrogen-bond acceptors (Lipinski definition) is 5. The Morgan fingerprint density at radius 1 is 0.740 bits per heavy atom. The van der Waals surface area contributed by atoms with Crippen molar-refractivity contribution in [2.45, 2.75) is 25.7 Å². The Kier molecular flexibility index (Phi) is 5.21. The molecule has 0 saturated heterocycles. The Morgan fingerprint density at radius 2 is 1.30 bits per heavy atom. The topological polar surface area (TPSA) is 97.9 Å². The lowest BCUT2D eigenvalue weighted by molar-refractivity contribution is -0.292. The van der Waals surface area contributed by atoms with E-state index in [1.165, 1.54) is 16.5 Å². The maximum atomic E-state index is 15.2. The molecule has 238 valence electrons. The van der Waals surface area contributed by atoms with Gasteiger partial charge >= 0.3 is 0 Å². The summed E-state index contributed by atoms with van der Waals surface area (Å²) in [6.45, 7) is 11.7. The molecule has 4 aliphatic heterocycles. The van der Waals surface area contributed by atoms with Crippen molar-refractivity contribution in [3.63, 3.8) is 0 Å². The SMILES string of the molecule is [C-]#[N+]/C(C#N)=C1/C(c2c3c(O)ccc4c3c3c5c(ccc(O)c25)CCN3CC4)=C([O-])C1=c1c2cccc3c2c2c4c(cccc14)CC[N+]=2CC3. The van der Waals surface area contributed by atoms with E-state index in [0.717, 1.165) is 106 Å². The highest BCUT2D eigenvalue weighted by Crippen LogP contribution is 2.57. The minimum Gasteiger partial charge on any atom is -0.872 e. The predicted octanol–water partition coefficient (Wildman–Crippen LogP) is 4.87. The fourth-order valence-corrected chi connectivity index (χ4v) is 9.96. The smallest absolute Gasteiger partial charge is 0.270 e. The van der Waals surface area contributed by atoms with Crippen LogP contribution in [0.15, 0.2) is 77.7 Å². The van der Waals surface area contributed by atoms with Crippen molar-refractivity contribution in [1.29, 1.82) is 5.26 Å². The standard InChI is InChI=1S/C43H28N4O3/c1-45-27(20-44)35-39(34-25-6-2-4-21-12-16-46-17-13-22-5-3-7-26(34)31(22)41(46)30(21)25)43(50)40(35)38-36-28(48)10-8-23-14-18-47-19-15-24-9-11-29(49)37(38)33(24)42(47)32(23)36/h2-11H,12-19H2,(H2-,48,49,50)/b35-27+. The van der Waals surface area contributed by atoms with Gasteiger partial charge in [-0.25, -0.2) is 14.7 Å². The van der Waals surface area contributed by atoms with E-state index in [1.54, 1.807) is 12.1 Å². The molecule has 0 amide bonds. The third-order valence-corrected chi connectivity index (χ3v) is 12.0. The summed E-state index contributed by atoms with van der Waals surface area (Å²) in [5.41, 5.74) is 6.66. The van der Waals surface area contributed by atoms with Gasteiger partial charge < -0.3 is 20.2 Å². The van der Waals surface area contributed by atoms with Gasteiger partial charge in [-0.2, -0.15) is 0 Å². The summed E-state index contributed by atoms with van der Waals surface area (Å²) in [6, 6.07) is 21.9. The number of allylic oxidation sites excluding steroid dienone is 3. The van der Waals surface area contributed by atoms with Gasteiger partial charge in [-0.3, -0.25) is 0 Å². The van der Waals surface area contributed by atoms with Gasteiger partial charge in [0.1, 0.15) is 24.6 Å². The molecule has 6 aromatic rings. The zero-order valence-electron chi connectivity index (χ0n) is 27.0. The Labute approximate surface area is 286 Å². The average Bonchev–Trinajstić information content (AvgIpc) is 3.15. The molecule has 0 radical (unpaired) electrons. The van der Waals surface area contributed by atoms with E-state index in [9.17, 15) is 15.5 Å². The number of anilines is 1. The van der Waals surface area contributed by atoms with Gasteiger partial charge in [0.15, 0.2) is 0 Å². The van der Waals surface area contributed by atoms with Gasteiger partial charge in [-0.1, -0.05) is 54.3 Å². The molecule has 11 rings (SSSR count). The molecule has 0 aromatic heterocycles. The molecule has 2 N–H and O–H groups in total. The summed E-state index contributed by atoms with van der Waals surface area (Å²) >= 11 is 0. The van der Waals surface area contributed by atoms with E-state index in [4.69, 9.17) is 6.57 Å². The summed E-state index contributed by atoms with van der Waals surface area (Å²) in [7, 11) is 0. The Bertz CT molecular complexity index is 2820. The van der Waals surface area contributed by atoms with Crippen molar-refractivity contribution >= 4 is 59.9 Å². The van der Waals surface area contributed by atoms with E-state index >= 15 is 5.11 Å². The molecule has 7 heteroatoms. The Balaban J connectivity index is 1.40. The van der Waals surface area contributed by atoms with Crippen LogP contribution < -0.4 is 25.2 Å². The van der Waals surface area contributed by atoms with E-state index in [2.05, 4.69) is 44.7 Å². The van der Waals surface area contributed by atoms with E-state index in [1.807, 2.05) is 24.3 Å². The molecule has 0 saturated carbocycles. The van der Waals surface area contributed by atoms with Gasteiger partial charge in [0.05, 0.1) is 29.1 Å². The molecule has 7 nitrogen and oxygen atoms in total. The molecule has 4 heterocycles. The minimum atomic E-state index is -0.288. The van der Waals surface area contributed by atoms with E-state index < -0.39 is 0 Å². The quantitative estimate of drug-likeness (QED) is 0.115. The lowest BCUT2D eigenvalue weighted by Gasteiger charge is -2.41. The molecule has 6 aromatic carbocycles. The van der Waals surface area contributed by atoms with Gasteiger partial charge in [0.2, 0.25) is 5.36 Å². The summed E-state index contributed by atoms with van der Waals surface area (Å²) in [4.78, 5) is 6.04. The van der Waals surface area contributed by atoms with Crippen molar-refractivity contribution in [2.24, 2.45) is 0 Å². The molecule has 0 spiro atoms. The molecule has 5 aliphatic rings. The normalized spacial score (nSPS) is 18.0. The van der Waals surface area contributed by atoms with Crippen LogP contribution in [-0.4, -0.2) is 36.4 Å². The fourth-order valence-electron chi connectivity index (χ4n) is 9.96. The predicted molar refractivity (Wildman–Crippen MR) is 193 cm³/mol. The van der Waals surface area contributed by atoms with Crippen molar-refractivity contribution in [2.75, 3.05) is 31.1 Å². The molecular formula is C43H28N4O3. The number of hydrogen-bond donors (Lipinski definition) is 2. The molecular weight excluding hydrogens is 620 g/mol. The van der Waals surface area contributed by atoms with Crippen LogP contribution in [0.1, 0.15) is 27.8 Å².